The van der Waals surface area contributed by atoms with E-state index < -0.39 is 20.2 Å². The maximum absolute atomic E-state index is 10.5. The van der Waals surface area contributed by atoms with Crippen LogP contribution < -0.4 is 5.73 Å². The highest BCUT2D eigenvalue weighted by molar-refractivity contribution is 7.86. The van der Waals surface area contributed by atoms with E-state index in [1.54, 1.807) is 28.8 Å². The van der Waals surface area contributed by atoms with E-state index in [4.69, 9.17) is 14.8 Å². The predicted octanol–water partition coefficient (Wildman–Crippen LogP) is 4.42. The van der Waals surface area contributed by atoms with Crippen molar-refractivity contribution < 1.29 is 25.9 Å². The van der Waals surface area contributed by atoms with Gasteiger partial charge in [0, 0.05) is 10.8 Å². The highest BCUT2D eigenvalue weighted by Crippen LogP contribution is 2.21. The molecule has 40 heavy (non-hydrogen) atoms. The minimum Gasteiger partial charge on any atom is -0.321 e. The van der Waals surface area contributed by atoms with Gasteiger partial charge in [0.05, 0.1) is 22.0 Å². The molecule has 0 saturated heterocycles. The average molecular weight is 586 g/mol. The Kier molecular flexibility index (Phi) is 9.71. The van der Waals surface area contributed by atoms with E-state index in [1.807, 2.05) is 44.3 Å². The van der Waals surface area contributed by atoms with E-state index in [-0.39, 0.29) is 15.8 Å². The van der Waals surface area contributed by atoms with Crippen molar-refractivity contribution in [3.63, 3.8) is 0 Å². The maximum atomic E-state index is 10.5. The van der Waals surface area contributed by atoms with Crippen LogP contribution in [-0.2, 0) is 20.2 Å². The summed E-state index contributed by atoms with van der Waals surface area (Å²) in [6.07, 6.45) is 1.82. The van der Waals surface area contributed by atoms with Gasteiger partial charge in [-0.1, -0.05) is 73.5 Å². The summed E-state index contributed by atoms with van der Waals surface area (Å²) in [6.45, 7) is 7.81. The molecular formula is C27H31N5O6S2. The van der Waals surface area contributed by atoms with Gasteiger partial charge in [-0.05, 0) is 44.0 Å². The van der Waals surface area contributed by atoms with Crippen molar-refractivity contribution in [1.82, 2.24) is 19.8 Å². The lowest BCUT2D eigenvalue weighted by Crippen LogP contribution is -2.20. The number of nitrogens with zero attached hydrogens (tertiary/aromatic N) is 4. The van der Waals surface area contributed by atoms with E-state index in [0.29, 0.717) is 11.7 Å². The lowest BCUT2D eigenvalue weighted by Gasteiger charge is -2.12. The molecule has 5 aromatic rings. The van der Waals surface area contributed by atoms with Crippen molar-refractivity contribution >= 4 is 36.7 Å². The molecule has 11 nitrogen and oxygen atoms in total. The van der Waals surface area contributed by atoms with E-state index in [2.05, 4.69) is 29.1 Å². The van der Waals surface area contributed by atoms with Gasteiger partial charge < -0.3 is 5.73 Å². The van der Waals surface area contributed by atoms with Crippen LogP contribution in [0.3, 0.4) is 0 Å². The summed E-state index contributed by atoms with van der Waals surface area (Å²) in [5.41, 5.74) is 8.80. The number of hydrogen-bond acceptors (Lipinski definition) is 8. The van der Waals surface area contributed by atoms with Crippen molar-refractivity contribution in [3.05, 3.63) is 95.9 Å². The van der Waals surface area contributed by atoms with Crippen molar-refractivity contribution in [2.45, 2.75) is 43.5 Å². The molecule has 2 heterocycles. The minimum atomic E-state index is -4.02. The minimum absolute atomic E-state index is 0.0666. The Morgan fingerprint density at radius 2 is 1.23 bits per heavy atom. The molecule has 0 saturated carbocycles. The molecule has 0 aliphatic heterocycles. The smallest absolute Gasteiger partial charge is 0.294 e. The average Bonchev–Trinajstić information content (AvgIpc) is 3.33. The molecule has 0 amide bonds. The molecule has 0 bridgehead atoms. The van der Waals surface area contributed by atoms with Gasteiger partial charge in [-0.25, -0.2) is 0 Å². The Morgan fingerprint density at radius 1 is 0.750 bits per heavy atom. The van der Waals surface area contributed by atoms with Gasteiger partial charge in [-0.15, -0.1) is 10.2 Å². The molecule has 0 unspecified atom stereocenters. The van der Waals surface area contributed by atoms with E-state index in [9.17, 15) is 16.8 Å². The largest absolute Gasteiger partial charge is 0.321 e. The summed E-state index contributed by atoms with van der Waals surface area (Å²) in [6, 6.07) is 19.8. The van der Waals surface area contributed by atoms with Crippen LogP contribution in [0.2, 0.25) is 0 Å². The highest BCUT2D eigenvalue weighted by Gasteiger charge is 2.19. The fraction of sp³-hybridized carbons (Fsp3) is 0.222. The van der Waals surface area contributed by atoms with Crippen LogP contribution >= 0.6 is 0 Å². The first-order valence-corrected chi connectivity index (χ1v) is 15.0. The number of fused-ring (bicyclic) bond motifs is 3. The topological polar surface area (TPSA) is 178 Å². The standard InChI is InChI=1S/C13H15N5.2C7H8O3S/c1-8(2)11(14)13-17-16-12-10-6-4-3-5-9(10)7-15-18(12)13;2*1-6-2-4-7(5-3-6)11(8,9)10/h3-8,11H,14H2,1-2H3;2*2-5H,1H3,(H,8,9,10)/t11-;;/m0../s1. The second-order valence-electron chi connectivity index (χ2n) is 9.37. The second kappa shape index (κ2) is 12.6. The van der Waals surface area contributed by atoms with Gasteiger partial charge in [0.2, 0.25) is 0 Å². The molecule has 0 fully saturated rings. The lowest BCUT2D eigenvalue weighted by molar-refractivity contribution is 0.480. The second-order valence-corrected chi connectivity index (χ2v) is 12.2. The summed E-state index contributed by atoms with van der Waals surface area (Å²) in [5.74, 6) is 1.01. The predicted molar refractivity (Wildman–Crippen MR) is 152 cm³/mol. The van der Waals surface area contributed by atoms with Crippen LogP contribution in [0.25, 0.3) is 16.4 Å². The van der Waals surface area contributed by atoms with Gasteiger partial charge in [0.1, 0.15) is 0 Å². The molecule has 5 rings (SSSR count). The van der Waals surface area contributed by atoms with Crippen molar-refractivity contribution in [3.8, 4) is 0 Å². The van der Waals surface area contributed by atoms with Gasteiger partial charge >= 0.3 is 0 Å². The first-order chi connectivity index (χ1) is 18.7. The zero-order chi connectivity index (χ0) is 29.7. The molecule has 0 spiro atoms. The summed E-state index contributed by atoms with van der Waals surface area (Å²) >= 11 is 0. The van der Waals surface area contributed by atoms with Gasteiger partial charge in [-0.2, -0.15) is 26.4 Å². The van der Waals surface area contributed by atoms with Crippen molar-refractivity contribution in [1.29, 1.82) is 0 Å². The molecule has 0 aliphatic carbocycles. The highest BCUT2D eigenvalue weighted by atomic mass is 32.2. The summed E-state index contributed by atoms with van der Waals surface area (Å²) in [5, 5.41) is 14.9. The quantitative estimate of drug-likeness (QED) is 0.256. The van der Waals surface area contributed by atoms with Gasteiger partial charge in [0.15, 0.2) is 11.5 Å². The Morgan fingerprint density at radius 3 is 1.68 bits per heavy atom. The summed E-state index contributed by atoms with van der Waals surface area (Å²) in [7, 11) is -8.04. The van der Waals surface area contributed by atoms with E-state index in [0.717, 1.165) is 27.5 Å². The third-order valence-electron chi connectivity index (χ3n) is 5.83. The summed E-state index contributed by atoms with van der Waals surface area (Å²) in [4.78, 5) is -0.133. The van der Waals surface area contributed by atoms with Crippen LogP contribution in [0.15, 0.2) is 88.8 Å². The molecule has 0 aliphatic rings. The molecular weight excluding hydrogens is 554 g/mol. The first-order valence-electron chi connectivity index (χ1n) is 12.1. The zero-order valence-corrected chi connectivity index (χ0v) is 24.0. The summed E-state index contributed by atoms with van der Waals surface area (Å²) < 4.78 is 60.8. The Labute approximate surface area is 233 Å². The van der Waals surface area contributed by atoms with Crippen molar-refractivity contribution in [2.24, 2.45) is 11.7 Å². The number of aryl methyl sites for hydroxylation is 2. The number of rotatable bonds is 4. The molecule has 0 radical (unpaired) electrons. The Balaban J connectivity index is 0.000000175. The third kappa shape index (κ3) is 7.90. The van der Waals surface area contributed by atoms with Crippen molar-refractivity contribution in [2.75, 3.05) is 0 Å². The lowest BCUT2D eigenvalue weighted by atomic mass is 10.1. The molecule has 13 heteroatoms. The molecule has 2 aromatic heterocycles. The Bertz CT molecular complexity index is 1730. The van der Waals surface area contributed by atoms with Crippen LogP contribution in [0.5, 0.6) is 0 Å². The SMILES string of the molecule is CC(C)[C@H](N)c1nnc2c3ccccc3cnn12.Cc1ccc(S(=O)(=O)O)cc1.Cc1ccc(S(=O)(=O)O)cc1. The molecule has 1 atom stereocenters. The van der Waals surface area contributed by atoms with E-state index in [1.165, 1.54) is 24.3 Å². The monoisotopic (exact) mass is 585 g/mol. The fourth-order valence-corrected chi connectivity index (χ4v) is 4.39. The molecule has 212 valence electrons. The molecule has 4 N–H and O–H groups in total. The number of hydrogen-bond donors (Lipinski definition) is 3. The molecule has 3 aromatic carbocycles. The first kappa shape index (κ1) is 30.8. The maximum Gasteiger partial charge on any atom is 0.294 e. The number of aromatic nitrogens is 4. The number of nitrogens with two attached hydrogens (primary N) is 1. The normalized spacial score (nSPS) is 12.4. The van der Waals surface area contributed by atoms with Gasteiger partial charge in [0.25, 0.3) is 20.2 Å². The fourth-order valence-electron chi connectivity index (χ4n) is 3.43. The van der Waals surface area contributed by atoms with Crippen LogP contribution in [0.1, 0.15) is 36.8 Å². The van der Waals surface area contributed by atoms with E-state index >= 15 is 0 Å². The Hall–Kier alpha value is -3.75. The van der Waals surface area contributed by atoms with Crippen LogP contribution in [-0.4, -0.2) is 45.8 Å². The zero-order valence-electron chi connectivity index (χ0n) is 22.4. The number of benzene rings is 3. The third-order valence-corrected chi connectivity index (χ3v) is 7.57. The van der Waals surface area contributed by atoms with Crippen LogP contribution in [0.4, 0.5) is 0 Å². The van der Waals surface area contributed by atoms with Crippen LogP contribution in [0, 0.1) is 19.8 Å². The van der Waals surface area contributed by atoms with Gasteiger partial charge in [-0.3, -0.25) is 9.11 Å².